The van der Waals surface area contributed by atoms with E-state index in [1.54, 1.807) is 24.3 Å². The molecule has 2 heterocycles. The van der Waals surface area contributed by atoms with Crippen LogP contribution in [0.1, 0.15) is 41.6 Å². The Morgan fingerprint density at radius 1 is 1.11 bits per heavy atom. The Balaban J connectivity index is 1.19. The molecule has 8 nitrogen and oxygen atoms in total. The summed E-state index contributed by atoms with van der Waals surface area (Å²) >= 11 is 1.38. The highest BCUT2D eigenvalue weighted by Gasteiger charge is 2.33. The van der Waals surface area contributed by atoms with Crippen LogP contribution in [0.2, 0.25) is 0 Å². The number of rotatable bonds is 8. The van der Waals surface area contributed by atoms with E-state index < -0.39 is 5.25 Å². The molecule has 2 aliphatic rings. The van der Waals surface area contributed by atoms with Crippen molar-refractivity contribution in [1.29, 1.82) is 0 Å². The number of hydrogen-bond donors (Lipinski definition) is 2. The Bertz CT molecular complexity index is 1100. The molecule has 0 bridgehead atoms. The molecule has 0 spiro atoms. The Morgan fingerprint density at radius 2 is 1.89 bits per heavy atom. The van der Waals surface area contributed by atoms with Gasteiger partial charge in [0.1, 0.15) is 17.6 Å². The number of ether oxygens (including phenoxy) is 1. The Morgan fingerprint density at radius 3 is 2.63 bits per heavy atom. The number of benzene rings is 2. The van der Waals surface area contributed by atoms with Gasteiger partial charge in [-0.2, -0.15) is 4.99 Å². The van der Waals surface area contributed by atoms with Crippen LogP contribution in [0.4, 0.5) is 5.69 Å². The van der Waals surface area contributed by atoms with Crippen LogP contribution in [0.5, 0.6) is 5.75 Å². The Labute approximate surface area is 209 Å². The van der Waals surface area contributed by atoms with Gasteiger partial charge < -0.3 is 20.3 Å². The molecule has 0 aliphatic carbocycles. The van der Waals surface area contributed by atoms with Gasteiger partial charge in [0, 0.05) is 30.8 Å². The molecule has 35 heavy (non-hydrogen) atoms. The molecule has 0 radical (unpaired) electrons. The summed E-state index contributed by atoms with van der Waals surface area (Å²) in [5.74, 6) is 0.0537. The highest BCUT2D eigenvalue weighted by molar-refractivity contribution is 8.15. The smallest absolute Gasteiger partial charge is 0.262 e. The average molecular weight is 495 g/mol. The van der Waals surface area contributed by atoms with E-state index in [0.29, 0.717) is 24.4 Å². The third-order valence-electron chi connectivity index (χ3n) is 5.80. The summed E-state index contributed by atoms with van der Waals surface area (Å²) in [6.45, 7) is 4.56. The van der Waals surface area contributed by atoms with E-state index in [1.165, 1.54) is 18.2 Å². The third-order valence-corrected chi connectivity index (χ3v) is 7.02. The fourth-order valence-electron chi connectivity index (χ4n) is 3.96. The molecule has 4 rings (SSSR count). The van der Waals surface area contributed by atoms with Crippen LogP contribution in [0, 0.1) is 6.92 Å². The predicted octanol–water partition coefficient (Wildman–Crippen LogP) is 3.62. The van der Waals surface area contributed by atoms with E-state index in [-0.39, 0.29) is 24.1 Å². The summed E-state index contributed by atoms with van der Waals surface area (Å²) in [7, 11) is 0. The molecule has 0 unspecified atom stereocenters. The van der Waals surface area contributed by atoms with E-state index in [0.717, 1.165) is 42.4 Å². The van der Waals surface area contributed by atoms with Gasteiger partial charge in [-0.1, -0.05) is 23.9 Å². The monoisotopic (exact) mass is 494 g/mol. The fraction of sp³-hybridized carbons (Fsp3) is 0.385. The number of piperidine rings is 1. The SMILES string of the molecule is Cc1cccc(OCCNC(=O)c2ccc(NC(=O)C[C@H]3SC(N4CCCCC4)=NC3=O)cc2)c1. The van der Waals surface area contributed by atoms with Gasteiger partial charge in [0.2, 0.25) is 5.91 Å². The molecule has 2 aliphatic heterocycles. The van der Waals surface area contributed by atoms with E-state index >= 15 is 0 Å². The zero-order valence-electron chi connectivity index (χ0n) is 19.8. The van der Waals surface area contributed by atoms with E-state index in [9.17, 15) is 14.4 Å². The first kappa shape index (κ1) is 24.8. The topological polar surface area (TPSA) is 100 Å². The molecule has 9 heteroatoms. The zero-order valence-corrected chi connectivity index (χ0v) is 20.6. The van der Waals surface area contributed by atoms with E-state index in [1.807, 2.05) is 31.2 Å². The van der Waals surface area contributed by atoms with Gasteiger partial charge in [-0.25, -0.2) is 0 Å². The van der Waals surface area contributed by atoms with Gasteiger partial charge in [0.25, 0.3) is 11.8 Å². The first-order valence-corrected chi connectivity index (χ1v) is 12.8. The van der Waals surface area contributed by atoms with Crippen LogP contribution in [0.25, 0.3) is 0 Å². The summed E-state index contributed by atoms with van der Waals surface area (Å²) < 4.78 is 5.64. The number of amides is 3. The van der Waals surface area contributed by atoms with Crippen molar-refractivity contribution >= 4 is 40.3 Å². The number of carbonyl (C=O) groups is 3. The van der Waals surface area contributed by atoms with Crippen LogP contribution in [-0.4, -0.2) is 59.3 Å². The van der Waals surface area contributed by atoms with Crippen LogP contribution in [0.15, 0.2) is 53.5 Å². The highest BCUT2D eigenvalue weighted by atomic mass is 32.2. The Hall–Kier alpha value is -3.33. The standard InChI is InChI=1S/C26H30N4O4S/c1-18-6-5-7-21(16-18)34-15-12-27-24(32)19-8-10-20(11-9-19)28-23(31)17-22-25(33)29-26(35-22)30-13-3-2-4-14-30/h5-11,16,22H,2-4,12-15,17H2,1H3,(H,27,32)(H,28,31)/t22-/m1/s1. The molecular formula is C26H30N4O4S. The first-order chi connectivity index (χ1) is 17.0. The minimum absolute atomic E-state index is 0.0630. The van der Waals surface area contributed by atoms with Crippen molar-refractivity contribution in [2.75, 3.05) is 31.6 Å². The molecule has 0 aromatic heterocycles. The molecule has 1 atom stereocenters. The number of nitrogens with one attached hydrogen (secondary N) is 2. The maximum absolute atomic E-state index is 12.5. The van der Waals surface area contributed by atoms with Crippen LogP contribution >= 0.6 is 11.8 Å². The highest BCUT2D eigenvalue weighted by Crippen LogP contribution is 2.29. The van der Waals surface area contributed by atoms with Crippen molar-refractivity contribution in [3.05, 3.63) is 59.7 Å². The zero-order chi connectivity index (χ0) is 24.6. The largest absolute Gasteiger partial charge is 0.492 e. The van der Waals surface area contributed by atoms with Crippen molar-refractivity contribution in [3.8, 4) is 5.75 Å². The van der Waals surface area contributed by atoms with Gasteiger partial charge in [0.15, 0.2) is 5.17 Å². The number of carbonyl (C=O) groups excluding carboxylic acids is 3. The number of nitrogens with zero attached hydrogens (tertiary/aromatic N) is 2. The van der Waals surface area contributed by atoms with Gasteiger partial charge in [-0.15, -0.1) is 0 Å². The molecule has 1 fully saturated rings. The summed E-state index contributed by atoms with van der Waals surface area (Å²) in [6, 6.07) is 14.4. The lowest BCUT2D eigenvalue weighted by Gasteiger charge is -2.27. The number of aliphatic imine (C=N–C) groups is 1. The maximum atomic E-state index is 12.5. The molecule has 3 amide bonds. The number of anilines is 1. The second-order valence-electron chi connectivity index (χ2n) is 8.64. The lowest BCUT2D eigenvalue weighted by Crippen LogP contribution is -2.33. The van der Waals surface area contributed by atoms with Crippen molar-refractivity contribution < 1.29 is 19.1 Å². The number of likely N-dealkylation sites (tertiary alicyclic amines) is 1. The molecule has 184 valence electrons. The lowest BCUT2D eigenvalue weighted by molar-refractivity contribution is -0.121. The number of amidine groups is 1. The second-order valence-corrected chi connectivity index (χ2v) is 9.81. The number of hydrogen-bond acceptors (Lipinski definition) is 6. The van der Waals surface area contributed by atoms with E-state index in [2.05, 4.69) is 20.5 Å². The van der Waals surface area contributed by atoms with Gasteiger partial charge in [-0.3, -0.25) is 14.4 Å². The number of thioether (sulfide) groups is 1. The summed E-state index contributed by atoms with van der Waals surface area (Å²) in [4.78, 5) is 43.4. The molecule has 2 aromatic rings. The normalized spacial score (nSPS) is 17.6. The first-order valence-electron chi connectivity index (χ1n) is 11.9. The van der Waals surface area contributed by atoms with Gasteiger partial charge in [-0.05, 0) is 68.1 Å². The summed E-state index contributed by atoms with van der Waals surface area (Å²) in [5.41, 5.74) is 2.17. The minimum Gasteiger partial charge on any atom is -0.492 e. The molecule has 2 aromatic carbocycles. The maximum Gasteiger partial charge on any atom is 0.262 e. The molecular weight excluding hydrogens is 464 g/mol. The fourth-order valence-corrected chi connectivity index (χ4v) is 5.07. The second kappa shape index (κ2) is 11.9. The van der Waals surface area contributed by atoms with Crippen molar-refractivity contribution in [2.24, 2.45) is 4.99 Å². The lowest BCUT2D eigenvalue weighted by atomic mass is 10.1. The van der Waals surface area contributed by atoms with Gasteiger partial charge >= 0.3 is 0 Å². The average Bonchev–Trinajstić information content (AvgIpc) is 3.22. The van der Waals surface area contributed by atoms with E-state index in [4.69, 9.17) is 4.74 Å². The van der Waals surface area contributed by atoms with Crippen LogP contribution < -0.4 is 15.4 Å². The minimum atomic E-state index is -0.487. The number of aryl methyl sites for hydroxylation is 1. The quantitative estimate of drug-likeness (QED) is 0.544. The molecule has 2 N–H and O–H groups in total. The summed E-state index contributed by atoms with van der Waals surface area (Å²) in [6.07, 6.45) is 3.48. The van der Waals surface area contributed by atoms with Gasteiger partial charge in [0.05, 0.1) is 6.54 Å². The van der Waals surface area contributed by atoms with Crippen molar-refractivity contribution in [2.45, 2.75) is 37.9 Å². The molecule has 1 saturated heterocycles. The van der Waals surface area contributed by atoms with Crippen LogP contribution in [-0.2, 0) is 9.59 Å². The predicted molar refractivity (Wildman–Crippen MR) is 138 cm³/mol. The van der Waals surface area contributed by atoms with Crippen molar-refractivity contribution in [3.63, 3.8) is 0 Å². The molecule has 0 saturated carbocycles. The van der Waals surface area contributed by atoms with Crippen LogP contribution in [0.3, 0.4) is 0 Å². The Kier molecular flexibility index (Phi) is 8.41. The summed E-state index contributed by atoms with van der Waals surface area (Å²) in [5, 5.41) is 5.88. The third kappa shape index (κ3) is 7.08. The van der Waals surface area contributed by atoms with Crippen molar-refractivity contribution in [1.82, 2.24) is 10.2 Å².